The summed E-state index contributed by atoms with van der Waals surface area (Å²) in [5.74, 6) is 0.999. The van der Waals surface area contributed by atoms with Gasteiger partial charge in [0, 0.05) is 51.5 Å². The van der Waals surface area contributed by atoms with Crippen molar-refractivity contribution >= 4 is 11.9 Å². The first kappa shape index (κ1) is 15.7. The number of carbonyl (C=O) groups is 1. The van der Waals surface area contributed by atoms with Gasteiger partial charge in [0.2, 0.25) is 11.9 Å². The summed E-state index contributed by atoms with van der Waals surface area (Å²) in [7, 11) is 0. The van der Waals surface area contributed by atoms with Gasteiger partial charge in [-0.15, -0.1) is 0 Å². The molecule has 1 aromatic heterocycles. The fourth-order valence-corrected chi connectivity index (χ4v) is 2.39. The van der Waals surface area contributed by atoms with Crippen LogP contribution in [0.25, 0.3) is 0 Å². The Balaban J connectivity index is 1.67. The van der Waals surface area contributed by atoms with E-state index in [-0.39, 0.29) is 5.91 Å². The molecule has 0 saturated carbocycles. The molecule has 1 aliphatic heterocycles. The lowest BCUT2D eigenvalue weighted by Gasteiger charge is -2.34. The van der Waals surface area contributed by atoms with Gasteiger partial charge < -0.3 is 15.1 Å². The van der Waals surface area contributed by atoms with Gasteiger partial charge in [-0.2, -0.15) is 0 Å². The van der Waals surface area contributed by atoms with Crippen LogP contribution in [-0.2, 0) is 4.79 Å². The molecule has 0 radical (unpaired) electrons. The average Bonchev–Trinajstić information content (AvgIpc) is 2.55. The van der Waals surface area contributed by atoms with E-state index < -0.39 is 0 Å². The zero-order valence-corrected chi connectivity index (χ0v) is 12.8. The second-order valence-electron chi connectivity index (χ2n) is 5.27. The van der Waals surface area contributed by atoms with E-state index >= 15 is 0 Å². The van der Waals surface area contributed by atoms with Crippen molar-refractivity contribution < 1.29 is 4.79 Å². The lowest BCUT2D eigenvalue weighted by molar-refractivity contribution is -0.131. The molecule has 0 aliphatic carbocycles. The summed E-state index contributed by atoms with van der Waals surface area (Å²) < 4.78 is 0. The molecule has 1 saturated heterocycles. The lowest BCUT2D eigenvalue weighted by atomic mass is 10.2. The molecule has 1 amide bonds. The molecule has 0 unspecified atom stereocenters. The summed E-state index contributed by atoms with van der Waals surface area (Å²) in [5.41, 5.74) is 0. The Morgan fingerprint density at radius 3 is 2.57 bits per heavy atom. The predicted molar refractivity (Wildman–Crippen MR) is 83.2 cm³/mol. The Bertz CT molecular complexity index is 417. The number of hydrogen-bond donors (Lipinski definition) is 1. The van der Waals surface area contributed by atoms with Crippen molar-refractivity contribution in [3.05, 3.63) is 18.5 Å². The van der Waals surface area contributed by atoms with E-state index in [1.54, 1.807) is 12.4 Å². The number of hydrogen-bond acceptors (Lipinski definition) is 5. The van der Waals surface area contributed by atoms with Gasteiger partial charge in [-0.3, -0.25) is 4.79 Å². The van der Waals surface area contributed by atoms with Crippen molar-refractivity contribution in [3.63, 3.8) is 0 Å². The van der Waals surface area contributed by atoms with Crippen LogP contribution in [0.3, 0.4) is 0 Å². The molecule has 6 nitrogen and oxygen atoms in total. The van der Waals surface area contributed by atoms with Gasteiger partial charge in [0.1, 0.15) is 0 Å². The standard InChI is InChI=1S/C15H25N5O/c1-2-3-6-16-9-5-14(21)19-10-12-20(13-11-19)15-17-7-4-8-18-15/h4,7-8,16H,2-3,5-6,9-13H2,1H3. The fraction of sp³-hybridized carbons (Fsp3) is 0.667. The highest BCUT2D eigenvalue weighted by Gasteiger charge is 2.21. The van der Waals surface area contributed by atoms with Gasteiger partial charge in [-0.05, 0) is 19.0 Å². The Labute approximate surface area is 126 Å². The summed E-state index contributed by atoms with van der Waals surface area (Å²) >= 11 is 0. The van der Waals surface area contributed by atoms with Crippen LogP contribution in [0.1, 0.15) is 26.2 Å². The summed E-state index contributed by atoms with van der Waals surface area (Å²) in [6.07, 6.45) is 6.45. The fourth-order valence-electron chi connectivity index (χ4n) is 2.39. The minimum Gasteiger partial charge on any atom is -0.339 e. The molecule has 0 atom stereocenters. The third kappa shape index (κ3) is 4.97. The van der Waals surface area contributed by atoms with Crippen LogP contribution in [-0.4, -0.2) is 60.0 Å². The van der Waals surface area contributed by atoms with E-state index in [1.807, 2.05) is 11.0 Å². The van der Waals surface area contributed by atoms with Crippen molar-refractivity contribution in [2.24, 2.45) is 0 Å². The molecule has 0 bridgehead atoms. The molecule has 1 aliphatic rings. The van der Waals surface area contributed by atoms with Gasteiger partial charge in [0.15, 0.2) is 0 Å². The van der Waals surface area contributed by atoms with Crippen LogP contribution in [0, 0.1) is 0 Å². The Morgan fingerprint density at radius 2 is 1.90 bits per heavy atom. The average molecular weight is 291 g/mol. The molecule has 1 aromatic rings. The van der Waals surface area contributed by atoms with Crippen molar-refractivity contribution in [2.45, 2.75) is 26.2 Å². The van der Waals surface area contributed by atoms with E-state index in [0.29, 0.717) is 6.42 Å². The first-order valence-corrected chi connectivity index (χ1v) is 7.81. The molecular formula is C15H25N5O. The number of amides is 1. The van der Waals surface area contributed by atoms with Crippen LogP contribution >= 0.6 is 0 Å². The predicted octanol–water partition coefficient (Wildman–Crippen LogP) is 0.905. The van der Waals surface area contributed by atoms with E-state index in [9.17, 15) is 4.79 Å². The Kier molecular flexibility index (Phi) is 6.40. The van der Waals surface area contributed by atoms with Crippen molar-refractivity contribution in [3.8, 4) is 0 Å². The number of anilines is 1. The number of carbonyl (C=O) groups excluding carboxylic acids is 1. The van der Waals surface area contributed by atoms with Crippen LogP contribution in [0.4, 0.5) is 5.95 Å². The summed E-state index contributed by atoms with van der Waals surface area (Å²) in [5, 5.41) is 3.31. The highest BCUT2D eigenvalue weighted by Crippen LogP contribution is 2.10. The first-order valence-electron chi connectivity index (χ1n) is 7.81. The second kappa shape index (κ2) is 8.56. The molecule has 0 spiro atoms. The highest BCUT2D eigenvalue weighted by atomic mass is 16.2. The third-order valence-electron chi connectivity index (χ3n) is 3.69. The van der Waals surface area contributed by atoms with Gasteiger partial charge >= 0.3 is 0 Å². The minimum absolute atomic E-state index is 0.243. The number of piperazine rings is 1. The van der Waals surface area contributed by atoms with E-state index in [4.69, 9.17) is 0 Å². The van der Waals surface area contributed by atoms with Crippen molar-refractivity contribution in [1.82, 2.24) is 20.2 Å². The quantitative estimate of drug-likeness (QED) is 0.757. The number of unbranched alkanes of at least 4 members (excludes halogenated alkanes) is 1. The van der Waals surface area contributed by atoms with Gasteiger partial charge in [0.25, 0.3) is 0 Å². The first-order chi connectivity index (χ1) is 10.3. The maximum Gasteiger partial charge on any atom is 0.225 e. The van der Waals surface area contributed by atoms with Crippen LogP contribution in [0.2, 0.25) is 0 Å². The Hall–Kier alpha value is -1.69. The van der Waals surface area contributed by atoms with Crippen LogP contribution < -0.4 is 10.2 Å². The molecule has 21 heavy (non-hydrogen) atoms. The zero-order chi connectivity index (χ0) is 14.9. The second-order valence-corrected chi connectivity index (χ2v) is 5.27. The normalized spacial score (nSPS) is 15.3. The highest BCUT2D eigenvalue weighted by molar-refractivity contribution is 5.76. The lowest BCUT2D eigenvalue weighted by Crippen LogP contribution is -2.49. The van der Waals surface area contributed by atoms with E-state index in [0.717, 1.165) is 45.2 Å². The molecular weight excluding hydrogens is 266 g/mol. The molecule has 1 N–H and O–H groups in total. The van der Waals surface area contributed by atoms with Gasteiger partial charge in [-0.25, -0.2) is 9.97 Å². The SMILES string of the molecule is CCCCNCCC(=O)N1CCN(c2ncccn2)CC1. The summed E-state index contributed by atoms with van der Waals surface area (Å²) in [6.45, 7) is 7.07. The van der Waals surface area contributed by atoms with Gasteiger partial charge in [0.05, 0.1) is 0 Å². The molecule has 116 valence electrons. The zero-order valence-electron chi connectivity index (χ0n) is 12.8. The Morgan fingerprint density at radius 1 is 1.19 bits per heavy atom. The van der Waals surface area contributed by atoms with Gasteiger partial charge in [-0.1, -0.05) is 13.3 Å². The van der Waals surface area contributed by atoms with E-state index in [1.165, 1.54) is 12.8 Å². The maximum atomic E-state index is 12.1. The number of rotatable bonds is 7. The third-order valence-corrected chi connectivity index (χ3v) is 3.69. The van der Waals surface area contributed by atoms with Crippen molar-refractivity contribution in [2.75, 3.05) is 44.2 Å². The minimum atomic E-state index is 0.243. The molecule has 1 fully saturated rings. The van der Waals surface area contributed by atoms with Crippen molar-refractivity contribution in [1.29, 1.82) is 0 Å². The van der Waals surface area contributed by atoms with Crippen LogP contribution in [0.15, 0.2) is 18.5 Å². The monoisotopic (exact) mass is 291 g/mol. The molecule has 2 heterocycles. The number of nitrogens with one attached hydrogen (secondary N) is 1. The maximum absolute atomic E-state index is 12.1. The molecule has 0 aromatic carbocycles. The topological polar surface area (TPSA) is 61.4 Å². The number of nitrogens with zero attached hydrogens (tertiary/aromatic N) is 4. The summed E-state index contributed by atoms with van der Waals surface area (Å²) in [4.78, 5) is 24.7. The number of aromatic nitrogens is 2. The van der Waals surface area contributed by atoms with Crippen LogP contribution in [0.5, 0.6) is 0 Å². The smallest absolute Gasteiger partial charge is 0.225 e. The largest absolute Gasteiger partial charge is 0.339 e. The van der Waals surface area contributed by atoms with E-state index in [2.05, 4.69) is 27.1 Å². The summed E-state index contributed by atoms with van der Waals surface area (Å²) in [6, 6.07) is 1.81. The molecule has 2 rings (SSSR count). The molecule has 6 heteroatoms.